The Labute approximate surface area is 205 Å². The van der Waals surface area contributed by atoms with Crippen molar-refractivity contribution in [3.63, 3.8) is 0 Å². The maximum atomic E-state index is 13.6. The van der Waals surface area contributed by atoms with E-state index in [1.807, 2.05) is 0 Å². The summed E-state index contributed by atoms with van der Waals surface area (Å²) < 4.78 is 25.2. The van der Waals surface area contributed by atoms with Crippen molar-refractivity contribution in [2.45, 2.75) is 51.0 Å². The molecule has 1 aliphatic rings. The Balaban J connectivity index is 2.04. The third kappa shape index (κ3) is 5.77. The number of benzene rings is 2. The third-order valence-electron chi connectivity index (χ3n) is 5.52. The predicted octanol–water partition coefficient (Wildman–Crippen LogP) is 3.04. The number of carboxylic acid groups (broad SMARTS) is 1. The second-order valence-electron chi connectivity index (χ2n) is 8.66. The van der Waals surface area contributed by atoms with E-state index in [2.05, 4.69) is 5.32 Å². The topological polar surface area (TPSA) is 145 Å². The standard InChI is InChI=1S/C24H24ClFN2O7/c1-11(29)12-5-7-18-14(8-12)20(28-22(32)13-4-6-16(26)15(25)9-13)21(24(2,3)35-18)34-23(33)17(27)10-19(30)31/h4-9,17,20-21H,10,27H2,1-3H3,(H,28,32)(H,30,31)/t17-,20+,21-/m0/s1. The molecule has 0 saturated carbocycles. The third-order valence-corrected chi connectivity index (χ3v) is 5.81. The summed E-state index contributed by atoms with van der Waals surface area (Å²) in [6.07, 6.45) is -1.84. The molecular formula is C24H24ClFN2O7. The van der Waals surface area contributed by atoms with E-state index >= 15 is 0 Å². The number of halogens is 2. The average Bonchev–Trinajstić information content (AvgIpc) is 2.76. The van der Waals surface area contributed by atoms with Crippen molar-refractivity contribution in [1.29, 1.82) is 0 Å². The number of nitrogens with one attached hydrogen (secondary N) is 1. The van der Waals surface area contributed by atoms with E-state index in [1.165, 1.54) is 19.1 Å². The largest absolute Gasteiger partial charge is 0.484 e. The Morgan fingerprint density at radius 1 is 1.20 bits per heavy atom. The monoisotopic (exact) mass is 506 g/mol. The molecule has 0 saturated heterocycles. The summed E-state index contributed by atoms with van der Waals surface area (Å²) in [6.45, 7) is 4.60. The number of carbonyl (C=O) groups is 4. The summed E-state index contributed by atoms with van der Waals surface area (Å²) >= 11 is 5.81. The highest BCUT2D eigenvalue weighted by atomic mass is 35.5. The van der Waals surface area contributed by atoms with Gasteiger partial charge in [-0.3, -0.25) is 19.2 Å². The quantitative estimate of drug-likeness (QED) is 0.384. The van der Waals surface area contributed by atoms with Crippen LogP contribution < -0.4 is 15.8 Å². The normalized spacial score (nSPS) is 19.0. The van der Waals surface area contributed by atoms with Crippen molar-refractivity contribution in [2.75, 3.05) is 0 Å². The van der Waals surface area contributed by atoms with Gasteiger partial charge in [0.05, 0.1) is 17.5 Å². The number of ether oxygens (including phenoxy) is 2. The Morgan fingerprint density at radius 2 is 1.86 bits per heavy atom. The number of carboxylic acids is 1. The molecule has 11 heteroatoms. The van der Waals surface area contributed by atoms with Crippen LogP contribution in [-0.4, -0.2) is 46.5 Å². The lowest BCUT2D eigenvalue weighted by Crippen LogP contribution is -2.56. The van der Waals surface area contributed by atoms with Gasteiger partial charge in [-0.1, -0.05) is 11.6 Å². The Kier molecular flexibility index (Phi) is 7.47. The van der Waals surface area contributed by atoms with Gasteiger partial charge in [-0.15, -0.1) is 0 Å². The molecule has 3 atom stereocenters. The Bertz CT molecular complexity index is 1200. The van der Waals surface area contributed by atoms with E-state index < -0.39 is 53.9 Å². The molecule has 1 amide bonds. The minimum Gasteiger partial charge on any atom is -0.484 e. The van der Waals surface area contributed by atoms with E-state index in [0.29, 0.717) is 16.9 Å². The van der Waals surface area contributed by atoms with Crippen LogP contribution >= 0.6 is 11.6 Å². The highest BCUT2D eigenvalue weighted by Crippen LogP contribution is 2.42. The van der Waals surface area contributed by atoms with Crippen molar-refractivity contribution in [2.24, 2.45) is 5.73 Å². The van der Waals surface area contributed by atoms with Gasteiger partial charge in [0.2, 0.25) is 0 Å². The van der Waals surface area contributed by atoms with E-state index in [0.717, 1.165) is 12.1 Å². The first-order valence-electron chi connectivity index (χ1n) is 10.6. The highest BCUT2D eigenvalue weighted by Gasteiger charge is 2.48. The van der Waals surface area contributed by atoms with Crippen LogP contribution in [0.5, 0.6) is 5.75 Å². The summed E-state index contributed by atoms with van der Waals surface area (Å²) in [6, 6.07) is 5.56. The molecule has 2 aromatic rings. The van der Waals surface area contributed by atoms with Crippen LogP contribution in [0.15, 0.2) is 36.4 Å². The average molecular weight is 507 g/mol. The SMILES string of the molecule is CC(=O)c1ccc2c(c1)[C@@H](NC(=O)c1ccc(F)c(Cl)c1)[C@H](OC(=O)[C@@H](N)CC(=O)O)C(C)(C)O2. The molecule has 0 unspecified atom stereocenters. The van der Waals surface area contributed by atoms with Gasteiger partial charge in [-0.2, -0.15) is 0 Å². The molecular weight excluding hydrogens is 483 g/mol. The molecule has 35 heavy (non-hydrogen) atoms. The summed E-state index contributed by atoms with van der Waals surface area (Å²) in [5, 5.41) is 11.4. The molecule has 0 aromatic heterocycles. The van der Waals surface area contributed by atoms with Crippen molar-refractivity contribution in [3.8, 4) is 5.75 Å². The second kappa shape index (κ2) is 10.0. The number of amides is 1. The van der Waals surface area contributed by atoms with Crippen LogP contribution in [0.4, 0.5) is 4.39 Å². The van der Waals surface area contributed by atoms with Gasteiger partial charge in [-0.05, 0) is 57.2 Å². The zero-order chi connectivity index (χ0) is 26.1. The number of rotatable bonds is 7. The minimum absolute atomic E-state index is 0.0395. The van der Waals surface area contributed by atoms with Gasteiger partial charge in [-0.25, -0.2) is 4.39 Å². The zero-order valence-electron chi connectivity index (χ0n) is 19.1. The van der Waals surface area contributed by atoms with Crippen LogP contribution in [0.2, 0.25) is 5.02 Å². The fraction of sp³-hybridized carbons (Fsp3) is 0.333. The molecule has 0 radical (unpaired) electrons. The molecule has 0 bridgehead atoms. The van der Waals surface area contributed by atoms with E-state index in [-0.39, 0.29) is 16.4 Å². The lowest BCUT2D eigenvalue weighted by Gasteiger charge is -2.44. The van der Waals surface area contributed by atoms with Gasteiger partial charge >= 0.3 is 11.9 Å². The van der Waals surface area contributed by atoms with Gasteiger partial charge in [0, 0.05) is 16.7 Å². The Hall–Kier alpha value is -3.50. The van der Waals surface area contributed by atoms with Crippen LogP contribution in [0.25, 0.3) is 0 Å². The lowest BCUT2D eigenvalue weighted by atomic mass is 9.85. The number of hydrogen-bond acceptors (Lipinski definition) is 7. The first kappa shape index (κ1) is 26.1. The second-order valence-corrected chi connectivity index (χ2v) is 9.06. The summed E-state index contributed by atoms with van der Waals surface area (Å²) in [5.74, 6) is -3.57. The van der Waals surface area contributed by atoms with E-state index in [9.17, 15) is 23.6 Å². The van der Waals surface area contributed by atoms with Crippen molar-refractivity contribution in [3.05, 3.63) is 63.9 Å². The lowest BCUT2D eigenvalue weighted by molar-refractivity contribution is -0.168. The number of fused-ring (bicyclic) bond motifs is 1. The Morgan fingerprint density at radius 3 is 2.46 bits per heavy atom. The molecule has 9 nitrogen and oxygen atoms in total. The fourth-order valence-corrected chi connectivity index (χ4v) is 3.90. The van der Waals surface area contributed by atoms with E-state index in [4.69, 9.17) is 31.9 Å². The number of Topliss-reactive ketones (excluding diaryl/α,β-unsaturated/α-hetero) is 1. The molecule has 4 N–H and O–H groups in total. The molecule has 0 fully saturated rings. The first-order chi connectivity index (χ1) is 16.3. The maximum absolute atomic E-state index is 13.6. The predicted molar refractivity (Wildman–Crippen MR) is 123 cm³/mol. The molecule has 1 heterocycles. The summed E-state index contributed by atoms with van der Waals surface area (Å²) in [4.78, 5) is 48.7. The van der Waals surface area contributed by atoms with Crippen molar-refractivity contribution >= 4 is 35.2 Å². The summed E-state index contributed by atoms with van der Waals surface area (Å²) in [5.41, 5.74) is 5.18. The van der Waals surface area contributed by atoms with E-state index in [1.54, 1.807) is 26.0 Å². The number of esters is 1. The van der Waals surface area contributed by atoms with Crippen LogP contribution in [-0.2, 0) is 14.3 Å². The van der Waals surface area contributed by atoms with Gasteiger partial charge in [0.15, 0.2) is 11.9 Å². The van der Waals surface area contributed by atoms with Gasteiger partial charge < -0.3 is 25.6 Å². The van der Waals surface area contributed by atoms with Crippen LogP contribution in [0.1, 0.15) is 59.5 Å². The minimum atomic E-state index is -1.46. The van der Waals surface area contributed by atoms with Crippen molar-refractivity contribution < 1.29 is 38.1 Å². The number of nitrogens with two attached hydrogens (primary N) is 1. The summed E-state index contributed by atoms with van der Waals surface area (Å²) in [7, 11) is 0. The van der Waals surface area contributed by atoms with Crippen LogP contribution in [0, 0.1) is 5.82 Å². The first-order valence-corrected chi connectivity index (χ1v) is 11.0. The smallest absolute Gasteiger partial charge is 0.324 e. The molecule has 3 rings (SSSR count). The zero-order valence-corrected chi connectivity index (χ0v) is 19.9. The molecule has 186 valence electrons. The number of hydrogen-bond donors (Lipinski definition) is 3. The number of aliphatic carboxylic acids is 1. The van der Waals surface area contributed by atoms with Crippen LogP contribution in [0.3, 0.4) is 0 Å². The van der Waals surface area contributed by atoms with Crippen molar-refractivity contribution in [1.82, 2.24) is 5.32 Å². The molecule has 2 aromatic carbocycles. The fourth-order valence-electron chi connectivity index (χ4n) is 3.72. The number of ketones is 1. The maximum Gasteiger partial charge on any atom is 0.324 e. The highest BCUT2D eigenvalue weighted by molar-refractivity contribution is 6.31. The van der Waals surface area contributed by atoms with Gasteiger partial charge in [0.25, 0.3) is 5.91 Å². The number of carbonyl (C=O) groups excluding carboxylic acids is 3. The molecule has 1 aliphatic heterocycles. The van der Waals surface area contributed by atoms with Gasteiger partial charge in [0.1, 0.15) is 23.2 Å². The molecule has 0 spiro atoms. The molecule has 0 aliphatic carbocycles.